The van der Waals surface area contributed by atoms with Crippen LogP contribution in [0.3, 0.4) is 0 Å². The maximum atomic E-state index is 12.0. The molecule has 3 unspecified atom stereocenters. The van der Waals surface area contributed by atoms with Gasteiger partial charge in [0.25, 0.3) is 0 Å². The molecule has 0 spiro atoms. The van der Waals surface area contributed by atoms with E-state index in [2.05, 4.69) is 62.5 Å². The molecule has 0 aromatic heterocycles. The van der Waals surface area contributed by atoms with Gasteiger partial charge in [-0.05, 0) is 104 Å². The van der Waals surface area contributed by atoms with Gasteiger partial charge in [-0.25, -0.2) is 0 Å². The molecule has 4 aliphatic rings. The normalized spacial score (nSPS) is 31.6. The number of hydrogen-bond donors (Lipinski definition) is 2. The number of allylic oxidation sites excluding steroid dienone is 5. The Bertz CT molecular complexity index is 1110. The highest BCUT2D eigenvalue weighted by Crippen LogP contribution is 2.62. The van der Waals surface area contributed by atoms with Crippen molar-refractivity contribution in [3.05, 3.63) is 64.8 Å². The third kappa shape index (κ3) is 5.00. The zero-order valence-electron chi connectivity index (χ0n) is 23.2. The lowest BCUT2D eigenvalue weighted by Gasteiger charge is -2.49. The first-order valence-corrected chi connectivity index (χ1v) is 14.6. The molecule has 0 saturated heterocycles. The Morgan fingerprint density at radius 1 is 1.19 bits per heavy atom. The highest BCUT2D eigenvalue weighted by molar-refractivity contribution is 5.93. The summed E-state index contributed by atoms with van der Waals surface area (Å²) in [7, 11) is 0. The van der Waals surface area contributed by atoms with E-state index in [1.54, 1.807) is 0 Å². The molecule has 5 rings (SSSR count). The van der Waals surface area contributed by atoms with E-state index in [4.69, 9.17) is 4.74 Å². The van der Waals surface area contributed by atoms with Gasteiger partial charge in [-0.15, -0.1) is 0 Å². The number of rotatable bonds is 9. The lowest BCUT2D eigenvalue weighted by Crippen LogP contribution is -2.48. The number of fused-ring (bicyclic) bond motifs is 4. The van der Waals surface area contributed by atoms with Crippen molar-refractivity contribution in [3.63, 3.8) is 0 Å². The van der Waals surface area contributed by atoms with Crippen molar-refractivity contribution in [3.8, 4) is 5.75 Å². The SMILES string of the molecule is CCCC(NC(C)C)c1cccc(OCC[C@]23C=CC4=C5CCC(=O)C=C5CCC4C2CC[C@@]3(C)O)c1. The molecule has 0 amide bonds. The summed E-state index contributed by atoms with van der Waals surface area (Å²) in [6, 6.07) is 9.31. The fourth-order valence-corrected chi connectivity index (χ4v) is 7.81. The van der Waals surface area contributed by atoms with Gasteiger partial charge in [-0.1, -0.05) is 51.5 Å². The van der Waals surface area contributed by atoms with E-state index in [1.807, 2.05) is 13.0 Å². The summed E-state index contributed by atoms with van der Waals surface area (Å²) in [5.74, 6) is 2.09. The Hall–Kier alpha value is -2.17. The fraction of sp³-hybridized carbons (Fsp3) is 0.606. The van der Waals surface area contributed by atoms with Crippen LogP contribution >= 0.6 is 0 Å². The number of carbonyl (C=O) groups is 1. The molecule has 0 bridgehead atoms. The van der Waals surface area contributed by atoms with Crippen molar-refractivity contribution in [2.75, 3.05) is 6.61 Å². The van der Waals surface area contributed by atoms with Gasteiger partial charge in [-0.3, -0.25) is 4.79 Å². The average Bonchev–Trinajstić information content (AvgIpc) is 3.14. The molecule has 37 heavy (non-hydrogen) atoms. The highest BCUT2D eigenvalue weighted by Gasteiger charge is 2.59. The van der Waals surface area contributed by atoms with Crippen molar-refractivity contribution in [1.82, 2.24) is 5.32 Å². The Labute approximate surface area is 223 Å². The fourth-order valence-electron chi connectivity index (χ4n) is 7.81. The summed E-state index contributed by atoms with van der Waals surface area (Å²) >= 11 is 0. The second kappa shape index (κ2) is 10.5. The van der Waals surface area contributed by atoms with Gasteiger partial charge < -0.3 is 15.2 Å². The van der Waals surface area contributed by atoms with E-state index in [9.17, 15) is 9.90 Å². The number of carbonyl (C=O) groups excluding carboxylic acids is 1. The van der Waals surface area contributed by atoms with Crippen LogP contribution in [0.25, 0.3) is 0 Å². The van der Waals surface area contributed by atoms with E-state index in [-0.39, 0.29) is 11.2 Å². The van der Waals surface area contributed by atoms with Crippen LogP contribution in [0.2, 0.25) is 0 Å². The standard InChI is InChI=1S/C33H45NO3/c1-5-7-31(34-22(2)3)24-8-6-9-26(21-24)37-19-18-33-17-14-28-27-13-11-25(35)20-23(27)10-12-29(28)30(33)15-16-32(33,4)36/h6,8-9,14,17,20-22,29-31,34,36H,5,7,10-13,15-16,18-19H2,1-4H3/t29?,30?,31?,32-,33-/m1/s1. The molecular weight excluding hydrogens is 458 g/mol. The first-order valence-electron chi connectivity index (χ1n) is 14.6. The van der Waals surface area contributed by atoms with E-state index in [0.717, 1.165) is 57.1 Å². The second-order valence-corrected chi connectivity index (χ2v) is 12.3. The predicted octanol–water partition coefficient (Wildman–Crippen LogP) is 7.01. The van der Waals surface area contributed by atoms with Gasteiger partial charge in [0.15, 0.2) is 5.78 Å². The number of ether oxygens (including phenoxy) is 1. The minimum Gasteiger partial charge on any atom is -0.494 e. The molecule has 0 radical (unpaired) electrons. The van der Waals surface area contributed by atoms with E-state index < -0.39 is 5.60 Å². The van der Waals surface area contributed by atoms with E-state index >= 15 is 0 Å². The van der Waals surface area contributed by atoms with Crippen LogP contribution in [0.5, 0.6) is 5.75 Å². The van der Waals surface area contributed by atoms with Gasteiger partial charge in [0, 0.05) is 23.9 Å². The average molecular weight is 504 g/mol. The Morgan fingerprint density at radius 3 is 2.81 bits per heavy atom. The molecule has 4 nitrogen and oxygen atoms in total. The third-order valence-corrected chi connectivity index (χ3v) is 9.63. The molecule has 1 aromatic carbocycles. The Morgan fingerprint density at radius 2 is 2.03 bits per heavy atom. The molecule has 0 heterocycles. The van der Waals surface area contributed by atoms with Crippen LogP contribution in [0.4, 0.5) is 0 Å². The number of ketones is 1. The summed E-state index contributed by atoms with van der Waals surface area (Å²) in [6.45, 7) is 9.25. The number of nitrogens with one attached hydrogen (secondary N) is 1. The van der Waals surface area contributed by atoms with Crippen molar-refractivity contribution >= 4 is 5.78 Å². The summed E-state index contributed by atoms with van der Waals surface area (Å²) in [4.78, 5) is 12.0. The quantitative estimate of drug-likeness (QED) is 0.381. The molecule has 4 aliphatic carbocycles. The lowest BCUT2D eigenvalue weighted by molar-refractivity contribution is -0.114. The molecule has 1 aromatic rings. The van der Waals surface area contributed by atoms with Gasteiger partial charge in [0.2, 0.25) is 0 Å². The second-order valence-electron chi connectivity index (χ2n) is 12.3. The smallest absolute Gasteiger partial charge is 0.156 e. The zero-order valence-corrected chi connectivity index (χ0v) is 23.2. The summed E-state index contributed by atoms with van der Waals surface area (Å²) in [5.41, 5.74) is 4.40. The molecular formula is C33H45NO3. The summed E-state index contributed by atoms with van der Waals surface area (Å²) in [6.07, 6.45) is 15.0. The molecule has 5 atom stereocenters. The molecule has 2 N–H and O–H groups in total. The molecule has 1 fully saturated rings. The maximum absolute atomic E-state index is 12.0. The lowest BCUT2D eigenvalue weighted by atomic mass is 9.56. The minimum absolute atomic E-state index is 0.269. The number of benzene rings is 1. The maximum Gasteiger partial charge on any atom is 0.156 e. The largest absolute Gasteiger partial charge is 0.494 e. The Balaban J connectivity index is 1.35. The van der Waals surface area contributed by atoms with Gasteiger partial charge in [-0.2, -0.15) is 0 Å². The zero-order chi connectivity index (χ0) is 26.2. The van der Waals surface area contributed by atoms with Crippen molar-refractivity contribution in [1.29, 1.82) is 0 Å². The highest BCUT2D eigenvalue weighted by atomic mass is 16.5. The summed E-state index contributed by atoms with van der Waals surface area (Å²) in [5, 5.41) is 15.4. The van der Waals surface area contributed by atoms with Crippen LogP contribution < -0.4 is 10.1 Å². The van der Waals surface area contributed by atoms with Crippen molar-refractivity contribution in [2.45, 2.75) is 103 Å². The molecule has 0 aliphatic heterocycles. The predicted molar refractivity (Wildman–Crippen MR) is 149 cm³/mol. The molecule has 1 saturated carbocycles. The van der Waals surface area contributed by atoms with Gasteiger partial charge >= 0.3 is 0 Å². The van der Waals surface area contributed by atoms with E-state index in [0.29, 0.717) is 36.9 Å². The number of hydrogen-bond acceptors (Lipinski definition) is 4. The van der Waals surface area contributed by atoms with E-state index in [1.165, 1.54) is 22.3 Å². The van der Waals surface area contributed by atoms with Crippen LogP contribution in [0, 0.1) is 17.3 Å². The van der Waals surface area contributed by atoms with Gasteiger partial charge in [0.1, 0.15) is 5.75 Å². The van der Waals surface area contributed by atoms with Crippen LogP contribution in [-0.2, 0) is 4.79 Å². The summed E-state index contributed by atoms with van der Waals surface area (Å²) < 4.78 is 6.38. The van der Waals surface area contributed by atoms with Crippen LogP contribution in [0.15, 0.2) is 59.2 Å². The molecule has 4 heteroatoms. The monoisotopic (exact) mass is 503 g/mol. The Kier molecular flexibility index (Phi) is 7.53. The van der Waals surface area contributed by atoms with Crippen LogP contribution in [0.1, 0.15) is 97.1 Å². The van der Waals surface area contributed by atoms with Crippen LogP contribution in [-0.4, -0.2) is 29.1 Å². The minimum atomic E-state index is -0.734. The topological polar surface area (TPSA) is 58.6 Å². The van der Waals surface area contributed by atoms with Crippen molar-refractivity contribution < 1.29 is 14.6 Å². The first kappa shape index (κ1) is 26.4. The number of aliphatic hydroxyl groups is 1. The van der Waals surface area contributed by atoms with Crippen molar-refractivity contribution in [2.24, 2.45) is 17.3 Å². The first-order chi connectivity index (χ1) is 17.7. The molecule has 200 valence electrons. The third-order valence-electron chi connectivity index (χ3n) is 9.63. The van der Waals surface area contributed by atoms with Gasteiger partial charge in [0.05, 0.1) is 12.2 Å².